The van der Waals surface area contributed by atoms with E-state index in [1.165, 1.54) is 0 Å². The van der Waals surface area contributed by atoms with Gasteiger partial charge in [-0.15, -0.1) is 0 Å². The van der Waals surface area contributed by atoms with Crippen LogP contribution in [0.2, 0.25) is 0 Å². The first-order chi connectivity index (χ1) is 13.4. The van der Waals surface area contributed by atoms with Crippen molar-refractivity contribution in [3.63, 3.8) is 0 Å². The number of carbonyl (C=O) groups excluding carboxylic acids is 3. The van der Waals surface area contributed by atoms with Crippen LogP contribution < -0.4 is 15.4 Å². The lowest BCUT2D eigenvalue weighted by Crippen LogP contribution is -2.56. The van der Waals surface area contributed by atoms with Gasteiger partial charge in [0.2, 0.25) is 5.91 Å². The van der Waals surface area contributed by atoms with Crippen molar-refractivity contribution in [3.05, 3.63) is 42.0 Å². The average molecular weight is 381 g/mol. The third kappa shape index (κ3) is 3.06. The summed E-state index contributed by atoms with van der Waals surface area (Å²) in [5, 5.41) is 7.13. The minimum Gasteiger partial charge on any atom is -0.497 e. The molecule has 7 nitrogen and oxygen atoms in total. The molecule has 0 unspecified atom stereocenters. The van der Waals surface area contributed by atoms with E-state index in [1.54, 1.807) is 12.0 Å². The Hall–Kier alpha value is -3.09. The number of likely N-dealkylation sites (tertiary alicyclic amines) is 1. The number of imide groups is 1. The van der Waals surface area contributed by atoms with Gasteiger partial charge >= 0.3 is 6.03 Å². The van der Waals surface area contributed by atoms with Crippen molar-refractivity contribution in [2.24, 2.45) is 0 Å². The molecule has 2 fully saturated rings. The van der Waals surface area contributed by atoms with Gasteiger partial charge in [0.05, 0.1) is 13.0 Å². The van der Waals surface area contributed by atoms with Crippen molar-refractivity contribution in [1.29, 1.82) is 0 Å². The highest BCUT2D eigenvalue weighted by molar-refractivity contribution is 6.07. The standard InChI is InChI=1S/C21H23N3O4/c1-13(14-3-4-16-12-17(28-2)6-5-15(16)11-14)18(25)24-9-7-21(8-10-24)19(26)22-20(27)23-21/h3-6,11-13H,7-10H2,1-2H3,(H2,22,23,26,27)/t13-/m1/s1. The number of hydrogen-bond donors (Lipinski definition) is 2. The Labute approximate surface area is 163 Å². The van der Waals surface area contributed by atoms with E-state index in [0.29, 0.717) is 25.9 Å². The van der Waals surface area contributed by atoms with Gasteiger partial charge in [-0.1, -0.05) is 24.3 Å². The summed E-state index contributed by atoms with van der Waals surface area (Å²) in [5.74, 6) is 0.261. The van der Waals surface area contributed by atoms with Crippen LogP contribution in [0.4, 0.5) is 4.79 Å². The molecule has 4 amide bonds. The predicted molar refractivity (Wildman–Crippen MR) is 104 cm³/mol. The fourth-order valence-corrected chi connectivity index (χ4v) is 4.04. The zero-order chi connectivity index (χ0) is 19.9. The molecule has 28 heavy (non-hydrogen) atoms. The number of piperidine rings is 1. The molecule has 2 aromatic carbocycles. The Morgan fingerprint density at radius 1 is 1.11 bits per heavy atom. The molecule has 2 aromatic rings. The Bertz CT molecular complexity index is 963. The molecule has 0 bridgehead atoms. The quantitative estimate of drug-likeness (QED) is 0.798. The van der Waals surface area contributed by atoms with Crippen molar-refractivity contribution in [2.45, 2.75) is 31.2 Å². The molecule has 4 rings (SSSR count). The second-order valence-electron chi connectivity index (χ2n) is 7.51. The second kappa shape index (κ2) is 6.82. The fourth-order valence-electron chi connectivity index (χ4n) is 4.04. The first kappa shape index (κ1) is 18.3. The molecule has 0 saturated carbocycles. The molecule has 0 aromatic heterocycles. The van der Waals surface area contributed by atoms with Crippen LogP contribution in [0.1, 0.15) is 31.2 Å². The number of hydrogen-bond acceptors (Lipinski definition) is 4. The summed E-state index contributed by atoms with van der Waals surface area (Å²) in [4.78, 5) is 38.3. The molecule has 146 valence electrons. The number of benzene rings is 2. The lowest BCUT2D eigenvalue weighted by Gasteiger charge is -2.38. The fraction of sp³-hybridized carbons (Fsp3) is 0.381. The lowest BCUT2D eigenvalue weighted by molar-refractivity contribution is -0.136. The maximum absolute atomic E-state index is 13.0. The number of carbonyl (C=O) groups is 3. The van der Waals surface area contributed by atoms with E-state index >= 15 is 0 Å². The predicted octanol–water partition coefficient (Wildman–Crippen LogP) is 2.15. The van der Waals surface area contributed by atoms with Gasteiger partial charge in [0.25, 0.3) is 5.91 Å². The Balaban J connectivity index is 1.47. The first-order valence-corrected chi connectivity index (χ1v) is 9.42. The van der Waals surface area contributed by atoms with Gasteiger partial charge in [0, 0.05) is 13.1 Å². The third-order valence-electron chi connectivity index (χ3n) is 5.89. The van der Waals surface area contributed by atoms with E-state index in [4.69, 9.17) is 4.74 Å². The minimum atomic E-state index is -0.862. The maximum Gasteiger partial charge on any atom is 0.322 e. The van der Waals surface area contributed by atoms with E-state index in [9.17, 15) is 14.4 Å². The van der Waals surface area contributed by atoms with Gasteiger partial charge in [0.1, 0.15) is 11.3 Å². The summed E-state index contributed by atoms with van der Waals surface area (Å²) in [5.41, 5.74) is 0.0916. The van der Waals surface area contributed by atoms with E-state index in [0.717, 1.165) is 22.1 Å². The monoisotopic (exact) mass is 381 g/mol. The largest absolute Gasteiger partial charge is 0.497 e. The molecule has 2 aliphatic heterocycles. The van der Waals surface area contributed by atoms with E-state index in [2.05, 4.69) is 10.6 Å². The zero-order valence-electron chi connectivity index (χ0n) is 16.0. The Morgan fingerprint density at radius 3 is 2.43 bits per heavy atom. The van der Waals surface area contributed by atoms with Gasteiger partial charge in [-0.3, -0.25) is 14.9 Å². The van der Waals surface area contributed by atoms with Crippen molar-refractivity contribution in [1.82, 2.24) is 15.5 Å². The number of amides is 4. The van der Waals surface area contributed by atoms with Crippen LogP contribution in [-0.4, -0.2) is 48.5 Å². The van der Waals surface area contributed by atoms with Crippen LogP contribution in [0, 0.1) is 0 Å². The molecule has 7 heteroatoms. The molecular weight excluding hydrogens is 358 g/mol. The summed E-state index contributed by atoms with van der Waals surface area (Å²) in [7, 11) is 1.64. The van der Waals surface area contributed by atoms with Crippen molar-refractivity contribution >= 4 is 28.6 Å². The van der Waals surface area contributed by atoms with Crippen molar-refractivity contribution < 1.29 is 19.1 Å². The number of nitrogens with zero attached hydrogens (tertiary/aromatic N) is 1. The van der Waals surface area contributed by atoms with Crippen molar-refractivity contribution in [2.75, 3.05) is 20.2 Å². The summed E-state index contributed by atoms with van der Waals surface area (Å²) in [6.45, 7) is 2.80. The van der Waals surface area contributed by atoms with Crippen LogP contribution in [0.25, 0.3) is 10.8 Å². The maximum atomic E-state index is 13.0. The number of rotatable bonds is 3. The van der Waals surface area contributed by atoms with E-state index in [-0.39, 0.29) is 17.7 Å². The third-order valence-corrected chi connectivity index (χ3v) is 5.89. The minimum absolute atomic E-state index is 0.0347. The Morgan fingerprint density at radius 2 is 1.79 bits per heavy atom. The van der Waals surface area contributed by atoms with Crippen LogP contribution in [0.5, 0.6) is 5.75 Å². The number of ether oxygens (including phenoxy) is 1. The SMILES string of the molecule is COc1ccc2cc([C@@H](C)C(=O)N3CCC4(CC3)NC(=O)NC4=O)ccc2c1. The highest BCUT2D eigenvalue weighted by Crippen LogP contribution is 2.29. The van der Waals surface area contributed by atoms with Crippen LogP contribution in [-0.2, 0) is 9.59 Å². The van der Waals surface area contributed by atoms with E-state index in [1.807, 2.05) is 43.3 Å². The molecule has 0 radical (unpaired) electrons. The van der Waals surface area contributed by atoms with Crippen LogP contribution in [0.15, 0.2) is 36.4 Å². The van der Waals surface area contributed by atoms with Gasteiger partial charge in [0.15, 0.2) is 0 Å². The highest BCUT2D eigenvalue weighted by Gasteiger charge is 2.48. The lowest BCUT2D eigenvalue weighted by atomic mass is 9.87. The van der Waals surface area contributed by atoms with Gasteiger partial charge in [-0.2, -0.15) is 0 Å². The summed E-state index contributed by atoms with van der Waals surface area (Å²) < 4.78 is 5.26. The van der Waals surface area contributed by atoms with Crippen LogP contribution in [0.3, 0.4) is 0 Å². The molecule has 0 aliphatic carbocycles. The summed E-state index contributed by atoms with van der Waals surface area (Å²) in [6.07, 6.45) is 0.862. The smallest absolute Gasteiger partial charge is 0.322 e. The van der Waals surface area contributed by atoms with Gasteiger partial charge < -0.3 is 15.0 Å². The number of urea groups is 1. The molecule has 2 heterocycles. The summed E-state index contributed by atoms with van der Waals surface area (Å²) in [6, 6.07) is 11.4. The molecule has 1 spiro atoms. The zero-order valence-corrected chi connectivity index (χ0v) is 16.0. The highest BCUT2D eigenvalue weighted by atomic mass is 16.5. The Kier molecular flexibility index (Phi) is 4.45. The average Bonchev–Trinajstić information content (AvgIpc) is 2.99. The second-order valence-corrected chi connectivity index (χ2v) is 7.51. The molecular formula is C21H23N3O4. The first-order valence-electron chi connectivity index (χ1n) is 9.42. The molecule has 1 atom stereocenters. The normalized spacial score (nSPS) is 19.4. The summed E-state index contributed by atoms with van der Waals surface area (Å²) >= 11 is 0. The molecule has 2 N–H and O–H groups in total. The number of fused-ring (bicyclic) bond motifs is 1. The van der Waals surface area contributed by atoms with Gasteiger partial charge in [-0.05, 0) is 48.2 Å². The molecule has 2 saturated heterocycles. The van der Waals surface area contributed by atoms with Gasteiger partial charge in [-0.25, -0.2) is 4.79 Å². The molecule has 2 aliphatic rings. The van der Waals surface area contributed by atoms with Crippen molar-refractivity contribution in [3.8, 4) is 5.75 Å². The number of nitrogens with one attached hydrogen (secondary N) is 2. The topological polar surface area (TPSA) is 87.7 Å². The van der Waals surface area contributed by atoms with Crippen LogP contribution >= 0.6 is 0 Å². The van der Waals surface area contributed by atoms with E-state index < -0.39 is 11.6 Å². The number of methoxy groups -OCH3 is 1.